The van der Waals surface area contributed by atoms with Crippen LogP contribution in [0.25, 0.3) is 0 Å². The standard InChI is InChI=1S/C16H25NO/c1-4-9-17(10-5-2)14-11-13-7-6-8-16(18-3)15(13)12-14/h6-8,14H,4-5,9-12H2,1-3H3/t14-/m1/s1. The summed E-state index contributed by atoms with van der Waals surface area (Å²) < 4.78 is 5.49. The monoisotopic (exact) mass is 247 g/mol. The fourth-order valence-corrected chi connectivity index (χ4v) is 3.10. The van der Waals surface area contributed by atoms with E-state index >= 15 is 0 Å². The molecule has 0 unspecified atom stereocenters. The van der Waals surface area contributed by atoms with E-state index in [-0.39, 0.29) is 0 Å². The first-order valence-corrected chi connectivity index (χ1v) is 7.18. The fraction of sp³-hybridized carbons (Fsp3) is 0.625. The number of nitrogens with zero attached hydrogens (tertiary/aromatic N) is 1. The first-order valence-electron chi connectivity index (χ1n) is 7.18. The minimum atomic E-state index is 0.677. The topological polar surface area (TPSA) is 12.5 Å². The van der Waals surface area contributed by atoms with E-state index < -0.39 is 0 Å². The van der Waals surface area contributed by atoms with Crippen LogP contribution in [-0.4, -0.2) is 31.1 Å². The van der Waals surface area contributed by atoms with E-state index in [4.69, 9.17) is 4.74 Å². The van der Waals surface area contributed by atoms with Crippen LogP contribution in [0.4, 0.5) is 0 Å². The Morgan fingerprint density at radius 1 is 1.17 bits per heavy atom. The van der Waals surface area contributed by atoms with Crippen molar-refractivity contribution in [1.82, 2.24) is 4.90 Å². The van der Waals surface area contributed by atoms with Crippen molar-refractivity contribution < 1.29 is 4.74 Å². The lowest BCUT2D eigenvalue weighted by molar-refractivity contribution is 0.201. The minimum Gasteiger partial charge on any atom is -0.496 e. The number of methoxy groups -OCH3 is 1. The van der Waals surface area contributed by atoms with Gasteiger partial charge in [-0.2, -0.15) is 0 Å². The van der Waals surface area contributed by atoms with Gasteiger partial charge in [0.05, 0.1) is 7.11 Å². The van der Waals surface area contributed by atoms with Crippen LogP contribution in [0.2, 0.25) is 0 Å². The quantitative estimate of drug-likeness (QED) is 0.765. The van der Waals surface area contributed by atoms with Gasteiger partial charge in [0.2, 0.25) is 0 Å². The van der Waals surface area contributed by atoms with Gasteiger partial charge in [-0.3, -0.25) is 4.90 Å². The Morgan fingerprint density at radius 3 is 2.50 bits per heavy atom. The molecule has 1 aromatic rings. The third-order valence-electron chi connectivity index (χ3n) is 3.88. The molecule has 2 nitrogen and oxygen atoms in total. The Kier molecular flexibility index (Phi) is 4.65. The molecule has 1 aromatic carbocycles. The van der Waals surface area contributed by atoms with Gasteiger partial charge in [-0.1, -0.05) is 26.0 Å². The smallest absolute Gasteiger partial charge is 0.122 e. The van der Waals surface area contributed by atoms with Gasteiger partial charge in [0.15, 0.2) is 0 Å². The van der Waals surface area contributed by atoms with Gasteiger partial charge in [-0.25, -0.2) is 0 Å². The van der Waals surface area contributed by atoms with Gasteiger partial charge in [-0.15, -0.1) is 0 Å². The van der Waals surface area contributed by atoms with E-state index in [9.17, 15) is 0 Å². The summed E-state index contributed by atoms with van der Waals surface area (Å²) in [5.41, 5.74) is 2.92. The van der Waals surface area contributed by atoms with Gasteiger partial charge in [-0.05, 0) is 56.0 Å². The molecule has 2 rings (SSSR count). The molecule has 0 amide bonds. The zero-order valence-electron chi connectivity index (χ0n) is 11.9. The van der Waals surface area contributed by atoms with Crippen LogP contribution in [-0.2, 0) is 12.8 Å². The van der Waals surface area contributed by atoms with Crippen LogP contribution in [0.5, 0.6) is 5.75 Å². The van der Waals surface area contributed by atoms with Gasteiger partial charge >= 0.3 is 0 Å². The molecule has 1 aliphatic carbocycles. The second-order valence-electron chi connectivity index (χ2n) is 5.20. The van der Waals surface area contributed by atoms with Crippen molar-refractivity contribution in [3.05, 3.63) is 29.3 Å². The highest BCUT2D eigenvalue weighted by molar-refractivity contribution is 5.44. The molecule has 0 heterocycles. The lowest BCUT2D eigenvalue weighted by atomic mass is 10.1. The Morgan fingerprint density at radius 2 is 1.89 bits per heavy atom. The number of hydrogen-bond acceptors (Lipinski definition) is 2. The van der Waals surface area contributed by atoms with Crippen molar-refractivity contribution in [3.63, 3.8) is 0 Å². The van der Waals surface area contributed by atoms with E-state index in [0.717, 1.165) is 12.2 Å². The van der Waals surface area contributed by atoms with E-state index in [2.05, 4.69) is 36.9 Å². The number of benzene rings is 1. The molecule has 0 bridgehead atoms. The molecule has 0 spiro atoms. The third-order valence-corrected chi connectivity index (χ3v) is 3.88. The van der Waals surface area contributed by atoms with E-state index in [0.29, 0.717) is 6.04 Å². The Labute approximate surface area is 111 Å². The summed E-state index contributed by atoms with van der Waals surface area (Å²) in [6, 6.07) is 7.14. The summed E-state index contributed by atoms with van der Waals surface area (Å²) in [6.07, 6.45) is 4.82. The second kappa shape index (κ2) is 6.24. The van der Waals surface area contributed by atoms with Crippen LogP contribution < -0.4 is 4.74 Å². The van der Waals surface area contributed by atoms with Gasteiger partial charge in [0.1, 0.15) is 5.75 Å². The van der Waals surface area contributed by atoms with Crippen LogP contribution >= 0.6 is 0 Å². The molecule has 0 saturated heterocycles. The number of fused-ring (bicyclic) bond motifs is 1. The fourth-order valence-electron chi connectivity index (χ4n) is 3.10. The average Bonchev–Trinajstić information content (AvgIpc) is 2.82. The maximum absolute atomic E-state index is 5.49. The summed E-state index contributed by atoms with van der Waals surface area (Å²) in [6.45, 7) is 6.97. The van der Waals surface area contributed by atoms with Gasteiger partial charge < -0.3 is 4.74 Å². The molecule has 18 heavy (non-hydrogen) atoms. The molecule has 2 heteroatoms. The molecular formula is C16H25NO. The third kappa shape index (κ3) is 2.69. The summed E-state index contributed by atoms with van der Waals surface area (Å²) in [5, 5.41) is 0. The maximum Gasteiger partial charge on any atom is 0.122 e. The predicted molar refractivity (Wildman–Crippen MR) is 76.3 cm³/mol. The van der Waals surface area contributed by atoms with Crippen molar-refractivity contribution in [1.29, 1.82) is 0 Å². The normalized spacial score (nSPS) is 18.1. The Balaban J connectivity index is 2.12. The van der Waals surface area contributed by atoms with Crippen molar-refractivity contribution in [3.8, 4) is 5.75 Å². The minimum absolute atomic E-state index is 0.677. The summed E-state index contributed by atoms with van der Waals surface area (Å²) in [7, 11) is 1.78. The highest BCUT2D eigenvalue weighted by Crippen LogP contribution is 2.32. The Hall–Kier alpha value is -1.02. The molecule has 0 N–H and O–H groups in total. The van der Waals surface area contributed by atoms with E-state index in [1.54, 1.807) is 7.11 Å². The molecule has 0 fully saturated rings. The maximum atomic E-state index is 5.49. The lowest BCUT2D eigenvalue weighted by Crippen LogP contribution is -2.37. The molecule has 100 valence electrons. The second-order valence-corrected chi connectivity index (χ2v) is 5.20. The Bertz CT molecular complexity index is 383. The van der Waals surface area contributed by atoms with E-state index in [1.165, 1.54) is 43.5 Å². The molecule has 0 aliphatic heterocycles. The molecule has 1 aliphatic rings. The summed E-state index contributed by atoms with van der Waals surface area (Å²) >= 11 is 0. The van der Waals surface area contributed by atoms with E-state index in [1.807, 2.05) is 0 Å². The van der Waals surface area contributed by atoms with Crippen LogP contribution in [0.3, 0.4) is 0 Å². The number of rotatable bonds is 6. The largest absolute Gasteiger partial charge is 0.496 e. The predicted octanol–water partition coefficient (Wildman–Crippen LogP) is 3.28. The number of ether oxygens (including phenoxy) is 1. The molecular weight excluding hydrogens is 222 g/mol. The molecule has 1 atom stereocenters. The van der Waals surface area contributed by atoms with Crippen molar-refractivity contribution in [2.24, 2.45) is 0 Å². The first kappa shape index (κ1) is 13.4. The average molecular weight is 247 g/mol. The van der Waals surface area contributed by atoms with Crippen molar-refractivity contribution >= 4 is 0 Å². The summed E-state index contributed by atoms with van der Waals surface area (Å²) in [5.74, 6) is 1.07. The van der Waals surface area contributed by atoms with Crippen LogP contribution in [0.15, 0.2) is 18.2 Å². The zero-order chi connectivity index (χ0) is 13.0. The first-order chi connectivity index (χ1) is 8.80. The SMILES string of the molecule is CCCN(CCC)[C@@H]1Cc2cccc(OC)c2C1. The van der Waals surface area contributed by atoms with Crippen LogP contribution in [0.1, 0.15) is 37.8 Å². The lowest BCUT2D eigenvalue weighted by Gasteiger charge is -2.27. The van der Waals surface area contributed by atoms with Crippen LogP contribution in [0, 0.1) is 0 Å². The number of hydrogen-bond donors (Lipinski definition) is 0. The van der Waals surface area contributed by atoms with Gasteiger partial charge in [0, 0.05) is 6.04 Å². The van der Waals surface area contributed by atoms with Gasteiger partial charge in [0.25, 0.3) is 0 Å². The molecule has 0 saturated carbocycles. The highest BCUT2D eigenvalue weighted by Gasteiger charge is 2.27. The molecule has 0 aromatic heterocycles. The van der Waals surface area contributed by atoms with Crippen molar-refractivity contribution in [2.75, 3.05) is 20.2 Å². The highest BCUT2D eigenvalue weighted by atomic mass is 16.5. The zero-order valence-corrected chi connectivity index (χ0v) is 11.9. The summed E-state index contributed by atoms with van der Waals surface area (Å²) in [4.78, 5) is 2.65. The van der Waals surface area contributed by atoms with Crippen molar-refractivity contribution in [2.45, 2.75) is 45.6 Å². The molecule has 0 radical (unpaired) electrons.